The molecule has 4 aliphatic heterocycles. The second-order valence-electron chi connectivity index (χ2n) is 30.0. The van der Waals surface area contributed by atoms with Crippen LogP contribution in [-0.4, -0.2) is 166 Å². The Morgan fingerprint density at radius 1 is 0.492 bits per heavy atom. The predicted molar refractivity (Wildman–Crippen MR) is 477 cm³/mol. The summed E-state index contributed by atoms with van der Waals surface area (Å²) >= 11 is 33.2. The number of para-hydroxylation sites is 2. The lowest BCUT2D eigenvalue weighted by molar-refractivity contribution is -0.138. The minimum absolute atomic E-state index is 0.109. The van der Waals surface area contributed by atoms with Gasteiger partial charge in [0.25, 0.3) is 0 Å². The molecular formula is C92H102BrCl5F6N8O10. The van der Waals surface area contributed by atoms with Gasteiger partial charge in [0, 0.05) is 160 Å². The number of nitrogens with zero attached hydrogens (tertiary/aromatic N) is 5. The maximum atomic E-state index is 13.7. The highest BCUT2D eigenvalue weighted by Crippen LogP contribution is 2.40. The predicted octanol–water partition coefficient (Wildman–Crippen LogP) is 22.2. The average molecular weight is 1850 g/mol. The molecule has 10 aromatic rings. The van der Waals surface area contributed by atoms with Crippen molar-refractivity contribution in [2.24, 2.45) is 0 Å². The number of anilines is 4. The molecule has 2 aromatic heterocycles. The topological polar surface area (TPSA) is 220 Å². The van der Waals surface area contributed by atoms with Crippen LogP contribution in [-0.2, 0) is 51.2 Å². The van der Waals surface area contributed by atoms with Crippen LogP contribution in [0.4, 0.5) is 58.7 Å². The van der Waals surface area contributed by atoms with Crippen molar-refractivity contribution in [3.63, 3.8) is 0 Å². The molecule has 0 radical (unpaired) electrons. The second-order valence-corrected chi connectivity index (χ2v) is 32.6. The molecule has 0 unspecified atom stereocenters. The molecule has 0 atom stereocenters. The van der Waals surface area contributed by atoms with Crippen LogP contribution in [0.5, 0.6) is 11.5 Å². The second kappa shape index (κ2) is 46.9. The number of aliphatic hydroxyl groups is 3. The zero-order valence-corrected chi connectivity index (χ0v) is 73.7. The number of ether oxygens (including phenoxy) is 4. The molecule has 122 heavy (non-hydrogen) atoms. The fraction of sp³-hybridized carbons (Fsp3) is 0.380. The van der Waals surface area contributed by atoms with Crippen LogP contribution in [0.15, 0.2) is 194 Å². The van der Waals surface area contributed by atoms with Gasteiger partial charge in [-0.1, -0.05) is 172 Å². The molecule has 8 aromatic carbocycles. The number of carbonyl (C=O) groups excluding carboxylic acids is 3. The van der Waals surface area contributed by atoms with Crippen molar-refractivity contribution < 1.29 is 75.0 Å². The number of fused-ring (bicyclic) bond motifs is 2. The molecule has 0 saturated carbocycles. The number of ketones is 1. The lowest BCUT2D eigenvalue weighted by Crippen LogP contribution is -2.47. The van der Waals surface area contributed by atoms with Gasteiger partial charge in [-0.3, -0.25) is 19.7 Å². The summed E-state index contributed by atoms with van der Waals surface area (Å²) in [5, 5.41) is 46.9. The van der Waals surface area contributed by atoms with Crippen LogP contribution in [0.3, 0.4) is 0 Å². The Morgan fingerprint density at radius 2 is 0.852 bits per heavy atom. The van der Waals surface area contributed by atoms with Crippen molar-refractivity contribution >= 4 is 136 Å². The molecule has 654 valence electrons. The maximum absolute atomic E-state index is 13.7. The van der Waals surface area contributed by atoms with Gasteiger partial charge < -0.3 is 60.0 Å². The monoisotopic (exact) mass is 1850 g/mol. The van der Waals surface area contributed by atoms with Crippen molar-refractivity contribution in [1.82, 2.24) is 30.0 Å². The molecule has 4 saturated heterocycles. The minimum Gasteiger partial charge on any atom is -0.492 e. The SMILES string of the molecule is CCOC(=O)N1CCC(=O)CC1.CCOC(=O)N1CCC(O)(Cc2ccccc2Cl)CC1.Cc1cc(Nc2cc(OCCCl)cc(C(F)(F)F)c2)c2ccccc2n1.Cc1cc(Nc2cc(OCCN3CCC(O)(Cc4ccccc4Cl)CC3)cc(C(F)(F)F)c2)c2ccccc2n1.Clc1ccccc1CBr.OC1(Cc2ccccc2Cl)CCNCC1. The van der Waals surface area contributed by atoms with E-state index in [4.69, 9.17) is 77.0 Å². The minimum atomic E-state index is -4.52. The average Bonchev–Trinajstić information content (AvgIpc) is 0.806. The number of nitrogens with one attached hydrogen (secondary N) is 3. The smallest absolute Gasteiger partial charge is 0.416 e. The highest BCUT2D eigenvalue weighted by molar-refractivity contribution is 9.08. The Hall–Kier alpha value is -8.70. The van der Waals surface area contributed by atoms with E-state index in [0.29, 0.717) is 138 Å². The number of likely N-dealkylation sites (tertiary alicyclic amines) is 3. The number of halogens is 12. The van der Waals surface area contributed by atoms with E-state index in [1.54, 1.807) is 35.8 Å². The number of Topliss-reactive ketones (excluding diaryl/α,β-unsaturated/α-hetero) is 1. The molecule has 14 rings (SSSR count). The molecular weight excluding hydrogens is 1750 g/mol. The molecule has 0 bridgehead atoms. The number of aromatic nitrogens is 2. The Balaban J connectivity index is 0.000000178. The summed E-state index contributed by atoms with van der Waals surface area (Å²) in [6, 6.07) is 56.4. The number of hydrogen-bond acceptors (Lipinski definition) is 16. The number of benzene rings is 8. The number of piperidine rings is 4. The first kappa shape index (κ1) is 97.1. The molecule has 6 N–H and O–H groups in total. The van der Waals surface area contributed by atoms with Gasteiger partial charge in [-0.15, -0.1) is 11.6 Å². The summed E-state index contributed by atoms with van der Waals surface area (Å²) in [6.45, 7) is 14.0. The lowest BCUT2D eigenvalue weighted by atomic mass is 9.85. The zero-order valence-electron chi connectivity index (χ0n) is 68.3. The number of hydrogen-bond donors (Lipinski definition) is 6. The normalized spacial score (nSPS) is 15.5. The van der Waals surface area contributed by atoms with Gasteiger partial charge in [-0.25, -0.2) is 9.59 Å². The van der Waals surface area contributed by atoms with Gasteiger partial charge in [-0.2, -0.15) is 26.3 Å². The molecule has 4 aliphatic rings. The van der Waals surface area contributed by atoms with E-state index < -0.39 is 40.3 Å². The summed E-state index contributed by atoms with van der Waals surface area (Å²) in [4.78, 5) is 47.8. The quantitative estimate of drug-likeness (QED) is 0.0309. The number of carbonyl (C=O) groups is 3. The van der Waals surface area contributed by atoms with Gasteiger partial charge in [0.2, 0.25) is 0 Å². The molecule has 2 amide bonds. The van der Waals surface area contributed by atoms with Gasteiger partial charge in [0.05, 0.1) is 58.1 Å². The number of alkyl halides is 8. The Morgan fingerprint density at radius 3 is 1.23 bits per heavy atom. The number of amides is 2. The van der Waals surface area contributed by atoms with E-state index in [1.807, 2.05) is 166 Å². The summed E-state index contributed by atoms with van der Waals surface area (Å²) < 4.78 is 102. The molecule has 30 heteroatoms. The molecule has 6 heterocycles. The van der Waals surface area contributed by atoms with E-state index in [-0.39, 0.29) is 59.9 Å². The fourth-order valence-corrected chi connectivity index (χ4v) is 15.6. The standard InChI is InChI=1S/C31H31ClF3N3O2.C19H16ClF3N2O.C15H20ClNO3.C12H16ClNO.C8H13NO3.C7H6BrCl/c1-21-16-29(26-7-3-5-9-28(26)36-21)37-24-17-23(31(33,34)35)18-25(19-24)40-15-14-38-12-10-30(39,11-13-38)20-22-6-2-4-8-27(22)32;1-12-8-18(16-4-2-3-5-17(16)24-12)25-14-9-13(19(21,22)23)10-15(11-14)26-7-6-20;1-2-20-14(18)17-9-7-15(19,8-10-17)11-12-5-3-4-6-13(12)16;13-11-4-2-1-3-10(11)9-12(15)5-7-14-8-6-12;1-2-12-8(11)9-5-3-7(10)4-6-9;8-5-6-3-1-2-4-7(6)9/h2-9,16-19,39H,10-15,20H2,1H3,(H,36,37);2-5,8-11H,6-7H2,1H3,(H,24,25);3-6,19H,2,7-11H2,1H3;1-4,14-15H,5-9H2;2-6H2,1H3;1-4H,5H2. The molecule has 4 fully saturated rings. The van der Waals surface area contributed by atoms with Crippen molar-refractivity contribution in [3.8, 4) is 11.5 Å². The molecule has 0 aliphatic carbocycles. The zero-order chi connectivity index (χ0) is 88.0. The van der Waals surface area contributed by atoms with Crippen molar-refractivity contribution in [2.45, 2.75) is 133 Å². The maximum Gasteiger partial charge on any atom is 0.416 e. The summed E-state index contributed by atoms with van der Waals surface area (Å²) in [5.41, 5.74) is 5.22. The number of pyridine rings is 2. The first-order chi connectivity index (χ1) is 58.3. The third kappa shape index (κ3) is 30.6. The lowest BCUT2D eigenvalue weighted by Gasteiger charge is -2.38. The number of rotatable bonds is 20. The molecule has 18 nitrogen and oxygen atoms in total. The first-order valence-corrected chi connectivity index (χ1v) is 43.4. The Kier molecular flexibility index (Phi) is 37.3. The van der Waals surface area contributed by atoms with E-state index >= 15 is 0 Å². The Bertz CT molecular complexity index is 5050. The van der Waals surface area contributed by atoms with Crippen LogP contribution in [0, 0.1) is 13.8 Å². The summed E-state index contributed by atoms with van der Waals surface area (Å²) in [6.07, 6.45) is -3.15. The third-order valence-corrected chi connectivity index (χ3v) is 22.9. The van der Waals surface area contributed by atoms with Crippen LogP contribution >= 0.6 is 73.9 Å². The van der Waals surface area contributed by atoms with Crippen LogP contribution in [0.25, 0.3) is 21.8 Å². The van der Waals surface area contributed by atoms with Crippen LogP contribution < -0.4 is 25.4 Å². The Labute approximate surface area is 741 Å². The van der Waals surface area contributed by atoms with Crippen molar-refractivity contribution in [1.29, 1.82) is 0 Å². The van der Waals surface area contributed by atoms with Crippen LogP contribution in [0.2, 0.25) is 20.1 Å². The van der Waals surface area contributed by atoms with E-state index in [2.05, 4.69) is 46.7 Å². The van der Waals surface area contributed by atoms with Gasteiger partial charge in [-0.05, 0) is 174 Å². The van der Waals surface area contributed by atoms with E-state index in [0.717, 1.165) is 121 Å². The fourth-order valence-electron chi connectivity index (χ4n) is 14.1. The first-order valence-electron chi connectivity index (χ1n) is 40.2. The van der Waals surface area contributed by atoms with E-state index in [9.17, 15) is 56.0 Å². The van der Waals surface area contributed by atoms with Crippen LogP contribution in [0.1, 0.15) is 110 Å². The highest BCUT2D eigenvalue weighted by Gasteiger charge is 2.38. The van der Waals surface area contributed by atoms with Gasteiger partial charge >= 0.3 is 24.5 Å². The van der Waals surface area contributed by atoms with Crippen molar-refractivity contribution in [2.75, 3.05) is 102 Å². The summed E-state index contributed by atoms with van der Waals surface area (Å²) in [7, 11) is 0. The van der Waals surface area contributed by atoms with Gasteiger partial charge in [0.1, 0.15) is 30.5 Å². The third-order valence-electron chi connectivity index (χ3n) is 20.7. The largest absolute Gasteiger partial charge is 0.492 e. The summed E-state index contributed by atoms with van der Waals surface area (Å²) in [5.74, 6) is 0.668. The highest BCUT2D eigenvalue weighted by atomic mass is 79.9. The van der Waals surface area contributed by atoms with E-state index in [1.165, 1.54) is 6.07 Å². The number of aryl methyl sites for hydroxylation is 2. The molecule has 0 spiro atoms. The van der Waals surface area contributed by atoms with Crippen molar-refractivity contribution in [3.05, 3.63) is 259 Å². The van der Waals surface area contributed by atoms with Gasteiger partial charge in [0.15, 0.2) is 0 Å².